The van der Waals surface area contributed by atoms with Gasteiger partial charge < -0.3 is 10.2 Å². The molecule has 0 fully saturated rings. The molecule has 1 N–H and O–H groups in total. The molecule has 4 nitrogen and oxygen atoms in total. The third-order valence-corrected chi connectivity index (χ3v) is 4.68. The normalized spacial score (nSPS) is 16.6. The Hall–Kier alpha value is -2.83. The molecule has 142 valence electrons. The van der Waals surface area contributed by atoms with Gasteiger partial charge in [-0.15, -0.1) is 0 Å². The molecule has 0 saturated heterocycles. The van der Waals surface area contributed by atoms with Gasteiger partial charge in [-0.2, -0.15) is 13.2 Å². The second-order valence-corrected chi connectivity index (χ2v) is 6.48. The summed E-state index contributed by atoms with van der Waals surface area (Å²) in [4.78, 5) is 26.3. The highest BCUT2D eigenvalue weighted by atomic mass is 19.4. The molecule has 0 aliphatic carbocycles. The van der Waals surface area contributed by atoms with Crippen molar-refractivity contribution >= 4 is 11.8 Å². The Morgan fingerprint density at radius 2 is 1.78 bits per heavy atom. The van der Waals surface area contributed by atoms with Crippen LogP contribution in [0.4, 0.5) is 13.2 Å². The van der Waals surface area contributed by atoms with Gasteiger partial charge in [0.15, 0.2) is 0 Å². The van der Waals surface area contributed by atoms with Crippen LogP contribution in [0, 0.1) is 0 Å². The molecule has 0 spiro atoms. The first-order valence-electron chi connectivity index (χ1n) is 8.56. The molecule has 2 amide bonds. The minimum Gasteiger partial charge on any atom is -0.350 e. The Kier molecular flexibility index (Phi) is 5.21. The summed E-state index contributed by atoms with van der Waals surface area (Å²) in [6, 6.07) is 11.4. The molecule has 2 aromatic rings. The lowest BCUT2D eigenvalue weighted by Crippen LogP contribution is -2.46. The first-order chi connectivity index (χ1) is 12.8. The zero-order valence-electron chi connectivity index (χ0n) is 14.7. The fraction of sp³-hybridized carbons (Fsp3) is 0.300. The van der Waals surface area contributed by atoms with Crippen molar-refractivity contribution < 1.29 is 22.8 Å². The molecule has 1 aliphatic heterocycles. The van der Waals surface area contributed by atoms with Crippen LogP contribution in [0.1, 0.15) is 35.2 Å². The van der Waals surface area contributed by atoms with E-state index in [2.05, 4.69) is 5.32 Å². The number of fused-ring (bicyclic) bond motifs is 1. The number of nitrogens with one attached hydrogen (secondary N) is 1. The number of halogens is 3. The van der Waals surface area contributed by atoms with E-state index >= 15 is 0 Å². The van der Waals surface area contributed by atoms with Crippen LogP contribution in [0.25, 0.3) is 0 Å². The summed E-state index contributed by atoms with van der Waals surface area (Å²) in [5.74, 6) is -0.545. The number of benzene rings is 2. The molecule has 0 radical (unpaired) electrons. The predicted molar refractivity (Wildman–Crippen MR) is 93.6 cm³/mol. The average Bonchev–Trinajstić information content (AvgIpc) is 2.64. The Bertz CT molecular complexity index is 847. The number of rotatable bonds is 3. The molecular weight excluding hydrogens is 357 g/mol. The van der Waals surface area contributed by atoms with E-state index in [4.69, 9.17) is 0 Å². The van der Waals surface area contributed by atoms with Crippen LogP contribution >= 0.6 is 0 Å². The van der Waals surface area contributed by atoms with Crippen LogP contribution in [0.15, 0.2) is 48.5 Å². The number of hydrogen-bond acceptors (Lipinski definition) is 2. The van der Waals surface area contributed by atoms with Crippen LogP contribution in [0.5, 0.6) is 0 Å². The van der Waals surface area contributed by atoms with E-state index in [1.54, 1.807) is 0 Å². The minimum atomic E-state index is -4.39. The molecule has 0 bridgehead atoms. The van der Waals surface area contributed by atoms with Crippen molar-refractivity contribution in [2.45, 2.75) is 32.1 Å². The van der Waals surface area contributed by atoms with E-state index in [9.17, 15) is 22.8 Å². The number of carbonyl (C=O) groups excluding carboxylic acids is 2. The minimum absolute atomic E-state index is 0.0847. The smallest absolute Gasteiger partial charge is 0.350 e. The summed E-state index contributed by atoms with van der Waals surface area (Å²) in [6.45, 7) is 1.95. The van der Waals surface area contributed by atoms with Crippen LogP contribution in [0.2, 0.25) is 0 Å². The number of alkyl halides is 3. The standard InChI is InChI=1S/C20H19F3N2O2/c1-13(26)25-11-10-15-4-2-3-5-17(15)18(25)19(27)24-12-14-6-8-16(9-7-14)20(21,22)23/h2-9,18H,10-12H2,1H3,(H,24,27)/t18-/m1/s1. The maximum Gasteiger partial charge on any atom is 0.416 e. The SMILES string of the molecule is CC(=O)N1CCc2ccccc2[C@@H]1C(=O)NCc1ccc(C(F)(F)F)cc1. The van der Waals surface area contributed by atoms with E-state index in [1.165, 1.54) is 24.0 Å². The highest BCUT2D eigenvalue weighted by Gasteiger charge is 2.34. The molecule has 0 unspecified atom stereocenters. The Balaban J connectivity index is 1.75. The number of hydrogen-bond donors (Lipinski definition) is 1. The highest BCUT2D eigenvalue weighted by molar-refractivity contribution is 5.88. The van der Waals surface area contributed by atoms with Gasteiger partial charge in [0.05, 0.1) is 5.56 Å². The molecule has 0 saturated carbocycles. The van der Waals surface area contributed by atoms with Gasteiger partial charge in [0.2, 0.25) is 11.8 Å². The lowest BCUT2D eigenvalue weighted by atomic mass is 9.92. The summed E-state index contributed by atoms with van der Waals surface area (Å²) in [6.07, 6.45) is -3.71. The van der Waals surface area contributed by atoms with Crippen LogP contribution in [0.3, 0.4) is 0 Å². The first-order valence-corrected chi connectivity index (χ1v) is 8.56. The van der Waals surface area contributed by atoms with Crippen LogP contribution in [-0.2, 0) is 28.7 Å². The zero-order chi connectivity index (χ0) is 19.6. The summed E-state index contributed by atoms with van der Waals surface area (Å²) in [5, 5.41) is 2.74. The Labute approximate surface area is 155 Å². The van der Waals surface area contributed by atoms with Crippen LogP contribution < -0.4 is 5.32 Å². The van der Waals surface area contributed by atoms with Crippen molar-refractivity contribution in [1.82, 2.24) is 10.2 Å². The lowest BCUT2D eigenvalue weighted by Gasteiger charge is -2.35. The van der Waals surface area contributed by atoms with Gasteiger partial charge in [-0.25, -0.2) is 0 Å². The third-order valence-electron chi connectivity index (χ3n) is 4.68. The number of carbonyl (C=O) groups is 2. The third kappa shape index (κ3) is 4.13. The van der Waals surface area contributed by atoms with Crippen molar-refractivity contribution in [3.8, 4) is 0 Å². The van der Waals surface area contributed by atoms with Crippen molar-refractivity contribution in [1.29, 1.82) is 0 Å². The van der Waals surface area contributed by atoms with Crippen molar-refractivity contribution in [2.24, 2.45) is 0 Å². The number of nitrogens with zero attached hydrogens (tertiary/aromatic N) is 1. The van der Waals surface area contributed by atoms with Gasteiger partial charge in [-0.3, -0.25) is 9.59 Å². The summed E-state index contributed by atoms with van der Waals surface area (Å²) >= 11 is 0. The van der Waals surface area contributed by atoms with Gasteiger partial charge in [0.1, 0.15) is 6.04 Å². The largest absolute Gasteiger partial charge is 0.416 e. The van der Waals surface area contributed by atoms with E-state index in [-0.39, 0.29) is 18.4 Å². The average molecular weight is 376 g/mol. The van der Waals surface area contributed by atoms with E-state index in [0.29, 0.717) is 18.5 Å². The predicted octanol–water partition coefficient (Wildman–Crippen LogP) is 3.47. The topological polar surface area (TPSA) is 49.4 Å². The maximum absolute atomic E-state index is 12.8. The molecule has 2 aromatic carbocycles. The Morgan fingerprint density at radius 3 is 2.41 bits per heavy atom. The highest BCUT2D eigenvalue weighted by Crippen LogP contribution is 2.31. The van der Waals surface area contributed by atoms with Gasteiger partial charge >= 0.3 is 6.18 Å². The molecule has 7 heteroatoms. The fourth-order valence-corrected chi connectivity index (χ4v) is 3.29. The molecule has 1 aliphatic rings. The summed E-state index contributed by atoms with van der Waals surface area (Å²) < 4.78 is 37.9. The molecule has 3 rings (SSSR count). The van der Waals surface area contributed by atoms with Gasteiger partial charge in [-0.1, -0.05) is 36.4 Å². The van der Waals surface area contributed by atoms with Gasteiger partial charge in [0.25, 0.3) is 0 Å². The van der Waals surface area contributed by atoms with Crippen molar-refractivity contribution in [2.75, 3.05) is 6.54 Å². The quantitative estimate of drug-likeness (QED) is 0.892. The summed E-state index contributed by atoms with van der Waals surface area (Å²) in [7, 11) is 0. The monoisotopic (exact) mass is 376 g/mol. The van der Waals surface area contributed by atoms with E-state index < -0.39 is 17.8 Å². The molecule has 27 heavy (non-hydrogen) atoms. The first kappa shape index (κ1) is 18.9. The van der Waals surface area contributed by atoms with Crippen molar-refractivity contribution in [3.05, 3.63) is 70.8 Å². The number of amides is 2. The molecule has 1 atom stereocenters. The summed E-state index contributed by atoms with van der Waals surface area (Å²) in [5.41, 5.74) is 1.62. The lowest BCUT2D eigenvalue weighted by molar-refractivity contribution is -0.139. The van der Waals surface area contributed by atoms with E-state index in [1.807, 2.05) is 24.3 Å². The van der Waals surface area contributed by atoms with Crippen molar-refractivity contribution in [3.63, 3.8) is 0 Å². The maximum atomic E-state index is 12.8. The van der Waals surface area contributed by atoms with E-state index in [0.717, 1.165) is 23.3 Å². The molecule has 0 aromatic heterocycles. The zero-order valence-corrected chi connectivity index (χ0v) is 14.7. The fourth-order valence-electron chi connectivity index (χ4n) is 3.29. The molecule has 1 heterocycles. The second-order valence-electron chi connectivity index (χ2n) is 6.48. The van der Waals surface area contributed by atoms with Gasteiger partial charge in [0, 0.05) is 20.0 Å². The van der Waals surface area contributed by atoms with Gasteiger partial charge in [-0.05, 0) is 35.2 Å². The van der Waals surface area contributed by atoms with Crippen LogP contribution in [-0.4, -0.2) is 23.3 Å². The molecular formula is C20H19F3N2O2. The Morgan fingerprint density at radius 1 is 1.11 bits per heavy atom. The second kappa shape index (κ2) is 7.42.